The lowest BCUT2D eigenvalue weighted by atomic mass is 10.00. The quantitative estimate of drug-likeness (QED) is 0.142. The molecule has 3 atom stereocenters. The van der Waals surface area contributed by atoms with Gasteiger partial charge in [-0.1, -0.05) is 76.1 Å². The smallest absolute Gasteiger partial charge is 0.407 e. The van der Waals surface area contributed by atoms with Crippen LogP contribution in [0.1, 0.15) is 64.0 Å². The zero-order valence-electron chi connectivity index (χ0n) is 26.3. The Morgan fingerprint density at radius 3 is 2.18 bits per heavy atom. The first-order chi connectivity index (χ1) is 21.1. The number of benzene rings is 2. The molecule has 2 aromatic rings. The number of nitrogens with one attached hydrogen (secondary N) is 4. The van der Waals surface area contributed by atoms with Crippen molar-refractivity contribution in [2.45, 2.75) is 84.0 Å². The first kappa shape index (κ1) is 36.1. The lowest BCUT2D eigenvalue weighted by Crippen LogP contribution is -2.56. The van der Waals surface area contributed by atoms with Gasteiger partial charge >= 0.3 is 12.1 Å². The zero-order valence-corrected chi connectivity index (χ0v) is 26.3. The van der Waals surface area contributed by atoms with Crippen LogP contribution in [-0.4, -0.2) is 67.3 Å². The molecule has 11 nitrogen and oxygen atoms in total. The number of aliphatic carboxylic acids is 1. The Labute approximate surface area is 260 Å². The molecule has 0 bridgehead atoms. The van der Waals surface area contributed by atoms with Gasteiger partial charge in [-0.05, 0) is 48.4 Å². The van der Waals surface area contributed by atoms with Gasteiger partial charge in [0.25, 0.3) is 0 Å². The van der Waals surface area contributed by atoms with Gasteiger partial charge in [-0.2, -0.15) is 0 Å². The van der Waals surface area contributed by atoms with Crippen LogP contribution < -0.4 is 26.0 Å². The molecule has 11 heteroatoms. The van der Waals surface area contributed by atoms with Crippen molar-refractivity contribution < 1.29 is 33.8 Å². The Morgan fingerprint density at radius 2 is 1.57 bits per heavy atom. The fraction of sp³-hybridized carbons (Fsp3) is 0.515. The van der Waals surface area contributed by atoms with E-state index in [0.717, 1.165) is 36.1 Å². The number of unbranched alkanes of at least 4 members (excludes halogenated alkanes) is 2. The van der Waals surface area contributed by atoms with Gasteiger partial charge in [0.1, 0.15) is 24.4 Å². The molecule has 0 aliphatic carbocycles. The Hall–Kier alpha value is -4.12. The molecule has 0 spiro atoms. The predicted molar refractivity (Wildman–Crippen MR) is 168 cm³/mol. The average Bonchev–Trinajstić information content (AvgIpc) is 3.01. The monoisotopic (exact) mass is 612 g/mol. The normalized spacial score (nSPS) is 12.9. The lowest BCUT2D eigenvalue weighted by Gasteiger charge is -2.26. The standard InChI is InChI=1S/C33H48N4O7/c1-5-6-10-19-43-26-15-13-24(14-16-26)21-29(30(38)34-4)37-31(39)28(20-23(2)3)36-27(32(40)41)17-18-35-33(42)44-22-25-11-8-7-9-12-25/h7-9,11-16,23,27-29,36H,5-6,10,17-22H2,1-4H3,(H,34,38)(H,35,42)(H,37,39)(H,40,41)/t27-,28+,29+/m1/s1. The number of hydrogen-bond acceptors (Lipinski definition) is 7. The number of ether oxygens (including phenoxy) is 2. The highest BCUT2D eigenvalue weighted by Gasteiger charge is 2.30. The van der Waals surface area contributed by atoms with E-state index in [-0.39, 0.29) is 37.8 Å². The second-order valence-corrected chi connectivity index (χ2v) is 11.1. The van der Waals surface area contributed by atoms with Gasteiger partial charge in [-0.15, -0.1) is 0 Å². The molecule has 0 radical (unpaired) electrons. The van der Waals surface area contributed by atoms with Crippen LogP contribution in [0, 0.1) is 5.92 Å². The van der Waals surface area contributed by atoms with Gasteiger partial charge in [-0.3, -0.25) is 19.7 Å². The number of carbonyl (C=O) groups excluding carboxylic acids is 3. The number of rotatable bonds is 20. The molecule has 0 fully saturated rings. The van der Waals surface area contributed by atoms with E-state index >= 15 is 0 Å². The summed E-state index contributed by atoms with van der Waals surface area (Å²) in [7, 11) is 1.50. The number of amides is 3. The van der Waals surface area contributed by atoms with Crippen molar-refractivity contribution in [3.8, 4) is 5.75 Å². The summed E-state index contributed by atoms with van der Waals surface area (Å²) in [6, 6.07) is 13.7. The molecule has 242 valence electrons. The largest absolute Gasteiger partial charge is 0.494 e. The maximum atomic E-state index is 13.4. The first-order valence-corrected chi connectivity index (χ1v) is 15.3. The van der Waals surface area contributed by atoms with Crippen molar-refractivity contribution in [1.82, 2.24) is 21.3 Å². The number of carboxylic acid groups (broad SMARTS) is 1. The number of likely N-dealkylation sites (N-methyl/N-ethyl adjacent to an activating group) is 1. The van der Waals surface area contributed by atoms with E-state index in [9.17, 15) is 24.3 Å². The molecule has 0 heterocycles. The van der Waals surface area contributed by atoms with Gasteiger partial charge < -0.3 is 30.5 Å². The van der Waals surface area contributed by atoms with E-state index in [1.807, 2.05) is 68.4 Å². The third-order valence-electron chi connectivity index (χ3n) is 6.90. The highest BCUT2D eigenvalue weighted by Crippen LogP contribution is 2.15. The minimum absolute atomic E-state index is 0.0172. The highest BCUT2D eigenvalue weighted by molar-refractivity contribution is 5.90. The van der Waals surface area contributed by atoms with Gasteiger partial charge in [0, 0.05) is 20.0 Å². The minimum Gasteiger partial charge on any atom is -0.494 e. The molecule has 5 N–H and O–H groups in total. The molecular weight excluding hydrogens is 564 g/mol. The van der Waals surface area contributed by atoms with Gasteiger partial charge in [0.2, 0.25) is 11.8 Å². The van der Waals surface area contributed by atoms with Crippen molar-refractivity contribution in [3.05, 3.63) is 65.7 Å². The summed E-state index contributed by atoms with van der Waals surface area (Å²) in [4.78, 5) is 50.3. The average molecular weight is 613 g/mol. The van der Waals surface area contributed by atoms with Gasteiger partial charge in [0.05, 0.1) is 12.6 Å². The lowest BCUT2D eigenvalue weighted by molar-refractivity contribution is -0.140. The second-order valence-electron chi connectivity index (χ2n) is 11.1. The van der Waals surface area contributed by atoms with E-state index < -0.39 is 36.1 Å². The third-order valence-corrected chi connectivity index (χ3v) is 6.90. The molecule has 3 amide bonds. The Morgan fingerprint density at radius 1 is 0.864 bits per heavy atom. The maximum absolute atomic E-state index is 13.4. The molecule has 0 aliphatic rings. The Kier molecular flexibility index (Phi) is 16.4. The maximum Gasteiger partial charge on any atom is 0.407 e. The summed E-state index contributed by atoms with van der Waals surface area (Å²) >= 11 is 0. The summed E-state index contributed by atoms with van der Waals surface area (Å²) in [5.74, 6) is -1.21. The van der Waals surface area contributed by atoms with Crippen LogP contribution in [0.25, 0.3) is 0 Å². The number of carbonyl (C=O) groups is 4. The fourth-order valence-corrected chi connectivity index (χ4v) is 4.49. The molecule has 2 aromatic carbocycles. The van der Waals surface area contributed by atoms with Crippen LogP contribution in [0.3, 0.4) is 0 Å². The number of carboxylic acids is 1. The van der Waals surface area contributed by atoms with Crippen LogP contribution in [0.15, 0.2) is 54.6 Å². The number of hydrogen-bond donors (Lipinski definition) is 5. The van der Waals surface area contributed by atoms with Gasteiger partial charge in [0.15, 0.2) is 0 Å². The first-order valence-electron chi connectivity index (χ1n) is 15.3. The van der Waals surface area contributed by atoms with Gasteiger partial charge in [-0.25, -0.2) is 4.79 Å². The summed E-state index contributed by atoms with van der Waals surface area (Å²) < 4.78 is 10.9. The predicted octanol–water partition coefficient (Wildman–Crippen LogP) is 3.80. The molecule has 0 unspecified atom stereocenters. The van der Waals surface area contributed by atoms with Crippen molar-refractivity contribution >= 4 is 23.9 Å². The van der Waals surface area contributed by atoms with Crippen LogP contribution in [0.2, 0.25) is 0 Å². The van der Waals surface area contributed by atoms with Crippen LogP contribution >= 0.6 is 0 Å². The highest BCUT2D eigenvalue weighted by atomic mass is 16.5. The van der Waals surface area contributed by atoms with Crippen LogP contribution in [-0.2, 0) is 32.1 Å². The Balaban J connectivity index is 1.98. The van der Waals surface area contributed by atoms with E-state index in [0.29, 0.717) is 13.0 Å². The molecule has 0 aliphatic heterocycles. The van der Waals surface area contributed by atoms with Crippen LogP contribution in [0.4, 0.5) is 4.79 Å². The molecule has 0 saturated heterocycles. The van der Waals surface area contributed by atoms with Crippen molar-refractivity contribution in [1.29, 1.82) is 0 Å². The molecular formula is C33H48N4O7. The van der Waals surface area contributed by atoms with Crippen molar-refractivity contribution in [2.24, 2.45) is 5.92 Å². The minimum atomic E-state index is -1.16. The molecule has 0 saturated carbocycles. The summed E-state index contributed by atoms with van der Waals surface area (Å²) in [6.45, 7) is 6.73. The SMILES string of the molecule is CCCCCOc1ccc(C[C@H](NC(=O)[C@H](CC(C)C)N[C@H](CCNC(=O)OCc2ccccc2)C(=O)O)C(=O)NC)cc1. The van der Waals surface area contributed by atoms with E-state index in [1.165, 1.54) is 7.05 Å². The zero-order chi connectivity index (χ0) is 32.3. The molecule has 2 rings (SSSR count). The van der Waals surface area contributed by atoms with Crippen molar-refractivity contribution in [2.75, 3.05) is 20.2 Å². The van der Waals surface area contributed by atoms with E-state index in [2.05, 4.69) is 28.2 Å². The second kappa shape index (κ2) is 20.0. The van der Waals surface area contributed by atoms with E-state index in [4.69, 9.17) is 9.47 Å². The third kappa shape index (κ3) is 13.9. The van der Waals surface area contributed by atoms with E-state index in [1.54, 1.807) is 0 Å². The summed E-state index contributed by atoms with van der Waals surface area (Å²) in [5.41, 5.74) is 1.66. The van der Waals surface area contributed by atoms with Crippen molar-refractivity contribution in [3.63, 3.8) is 0 Å². The summed E-state index contributed by atoms with van der Waals surface area (Å²) in [5, 5.41) is 20.7. The topological polar surface area (TPSA) is 155 Å². The fourth-order valence-electron chi connectivity index (χ4n) is 4.49. The molecule has 44 heavy (non-hydrogen) atoms. The summed E-state index contributed by atoms with van der Waals surface area (Å²) in [6.07, 6.45) is 3.13. The van der Waals surface area contributed by atoms with Crippen LogP contribution in [0.5, 0.6) is 5.75 Å². The molecule has 0 aromatic heterocycles. The Bertz CT molecular complexity index is 1160. The number of alkyl carbamates (subject to hydrolysis) is 1.